The highest BCUT2D eigenvalue weighted by Crippen LogP contribution is 2.09. The van der Waals surface area contributed by atoms with E-state index in [-0.39, 0.29) is 12.4 Å². The third-order valence-electron chi connectivity index (χ3n) is 2.32. The van der Waals surface area contributed by atoms with Crippen molar-refractivity contribution in [1.29, 1.82) is 0 Å². The summed E-state index contributed by atoms with van der Waals surface area (Å²) in [5.41, 5.74) is 2.00. The van der Waals surface area contributed by atoms with Gasteiger partial charge in [0.2, 0.25) is 0 Å². The van der Waals surface area contributed by atoms with Crippen molar-refractivity contribution in [3.8, 4) is 0 Å². The number of hydrogen-bond donors (Lipinski definition) is 2. The van der Waals surface area contributed by atoms with E-state index >= 15 is 0 Å². The fourth-order valence-corrected chi connectivity index (χ4v) is 1.50. The summed E-state index contributed by atoms with van der Waals surface area (Å²) in [6.07, 6.45) is 6.95. The molecule has 0 amide bonds. The Morgan fingerprint density at radius 3 is 2.61 bits per heavy atom. The molecule has 1 aromatic carbocycles. The van der Waals surface area contributed by atoms with E-state index in [0.717, 1.165) is 29.4 Å². The van der Waals surface area contributed by atoms with Crippen LogP contribution in [-0.2, 0) is 11.2 Å². The minimum Gasteiger partial charge on any atom is -0.478 e. The predicted molar refractivity (Wildman–Crippen MR) is 71.8 cm³/mol. The van der Waals surface area contributed by atoms with Crippen molar-refractivity contribution in [2.75, 3.05) is 0 Å². The van der Waals surface area contributed by atoms with Gasteiger partial charge in [-0.3, -0.25) is 0 Å². The first kappa shape index (κ1) is 14.0. The quantitative estimate of drug-likeness (QED) is 0.834. The highest BCUT2D eigenvalue weighted by molar-refractivity contribution is 5.85. The van der Waals surface area contributed by atoms with Gasteiger partial charge in [-0.15, -0.1) is 12.4 Å². The molecule has 1 aromatic heterocycles. The van der Waals surface area contributed by atoms with Crippen LogP contribution in [0.25, 0.3) is 6.08 Å². The molecule has 0 aliphatic carbocycles. The van der Waals surface area contributed by atoms with Crippen molar-refractivity contribution in [2.45, 2.75) is 6.42 Å². The summed E-state index contributed by atoms with van der Waals surface area (Å²) in [6, 6.07) is 7.70. The first-order valence-corrected chi connectivity index (χ1v) is 5.22. The molecule has 0 fully saturated rings. The summed E-state index contributed by atoms with van der Waals surface area (Å²) >= 11 is 0. The molecule has 0 spiro atoms. The van der Waals surface area contributed by atoms with Crippen LogP contribution in [0.5, 0.6) is 0 Å². The fraction of sp³-hybridized carbons (Fsp3) is 0.0769. The second-order valence-corrected chi connectivity index (χ2v) is 3.63. The number of nitrogens with one attached hydrogen (secondary N) is 1. The molecule has 0 bridgehead atoms. The molecule has 1 heterocycles. The van der Waals surface area contributed by atoms with Crippen LogP contribution < -0.4 is 0 Å². The van der Waals surface area contributed by atoms with E-state index < -0.39 is 5.97 Å². The van der Waals surface area contributed by atoms with Crippen LogP contribution in [0.1, 0.15) is 17.0 Å². The number of aliphatic carboxylic acids is 1. The first-order valence-electron chi connectivity index (χ1n) is 5.22. The van der Waals surface area contributed by atoms with Crippen molar-refractivity contribution >= 4 is 24.5 Å². The van der Waals surface area contributed by atoms with Crippen molar-refractivity contribution in [1.82, 2.24) is 9.97 Å². The van der Waals surface area contributed by atoms with Crippen LogP contribution in [-0.4, -0.2) is 21.0 Å². The number of imidazole rings is 1. The lowest BCUT2D eigenvalue weighted by Crippen LogP contribution is -1.90. The number of carbonyl (C=O) groups is 1. The third kappa shape index (κ3) is 4.07. The number of aromatic nitrogens is 2. The van der Waals surface area contributed by atoms with Gasteiger partial charge in [0.15, 0.2) is 0 Å². The highest BCUT2D eigenvalue weighted by atomic mass is 35.5. The van der Waals surface area contributed by atoms with Crippen LogP contribution in [0.4, 0.5) is 0 Å². The molecular formula is C13H13ClN2O2. The van der Waals surface area contributed by atoms with E-state index in [2.05, 4.69) is 9.97 Å². The highest BCUT2D eigenvalue weighted by Gasteiger charge is 1.97. The Kier molecular flexibility index (Phi) is 5.14. The Labute approximate surface area is 111 Å². The molecule has 2 N–H and O–H groups in total. The zero-order valence-electron chi connectivity index (χ0n) is 9.54. The predicted octanol–water partition coefficient (Wildman–Crippen LogP) is 2.52. The Hall–Kier alpha value is -2.07. The van der Waals surface area contributed by atoms with Crippen molar-refractivity contribution < 1.29 is 9.90 Å². The molecule has 2 aromatic rings. The van der Waals surface area contributed by atoms with Gasteiger partial charge in [0.25, 0.3) is 0 Å². The van der Waals surface area contributed by atoms with Gasteiger partial charge in [-0.05, 0) is 17.2 Å². The van der Waals surface area contributed by atoms with Crippen molar-refractivity contribution in [2.24, 2.45) is 0 Å². The minimum absolute atomic E-state index is 0. The smallest absolute Gasteiger partial charge is 0.328 e. The summed E-state index contributed by atoms with van der Waals surface area (Å²) in [5, 5.41) is 8.50. The molecule has 0 unspecified atom stereocenters. The maximum absolute atomic E-state index is 10.4. The second-order valence-electron chi connectivity index (χ2n) is 3.63. The van der Waals surface area contributed by atoms with Crippen LogP contribution in [0.15, 0.2) is 42.7 Å². The van der Waals surface area contributed by atoms with Crippen LogP contribution in [0.2, 0.25) is 0 Å². The van der Waals surface area contributed by atoms with Crippen LogP contribution in [0.3, 0.4) is 0 Å². The summed E-state index contributed by atoms with van der Waals surface area (Å²) < 4.78 is 0. The molecule has 94 valence electrons. The maximum atomic E-state index is 10.4. The number of rotatable bonds is 4. The Bertz CT molecular complexity index is 518. The summed E-state index contributed by atoms with van der Waals surface area (Å²) in [7, 11) is 0. The number of nitrogens with zero attached hydrogens (tertiary/aromatic N) is 1. The number of H-pyrrole nitrogens is 1. The SMILES string of the molecule is Cl.O=C(O)/C=C/c1ccc(Cc2ncc[nH]2)cc1. The van der Waals surface area contributed by atoms with Gasteiger partial charge in [0, 0.05) is 24.9 Å². The molecule has 2 rings (SSSR count). The molecule has 0 aliphatic heterocycles. The number of hydrogen-bond acceptors (Lipinski definition) is 2. The maximum Gasteiger partial charge on any atom is 0.328 e. The van der Waals surface area contributed by atoms with Gasteiger partial charge < -0.3 is 10.1 Å². The minimum atomic E-state index is -0.940. The number of carboxylic acids is 1. The van der Waals surface area contributed by atoms with Gasteiger partial charge in [-0.25, -0.2) is 9.78 Å². The normalized spacial score (nSPS) is 10.2. The van der Waals surface area contributed by atoms with Crippen molar-refractivity contribution in [3.05, 3.63) is 59.7 Å². The zero-order valence-corrected chi connectivity index (χ0v) is 10.4. The van der Waals surface area contributed by atoms with Gasteiger partial charge in [0.1, 0.15) is 5.82 Å². The van der Waals surface area contributed by atoms with E-state index in [0.29, 0.717) is 0 Å². The van der Waals surface area contributed by atoms with E-state index in [1.807, 2.05) is 24.3 Å². The number of benzene rings is 1. The van der Waals surface area contributed by atoms with E-state index in [9.17, 15) is 4.79 Å². The van der Waals surface area contributed by atoms with E-state index in [1.165, 1.54) is 0 Å². The lowest BCUT2D eigenvalue weighted by Gasteiger charge is -1.99. The zero-order chi connectivity index (χ0) is 12.1. The Morgan fingerprint density at radius 2 is 2.06 bits per heavy atom. The average Bonchev–Trinajstić information content (AvgIpc) is 2.81. The molecule has 4 nitrogen and oxygen atoms in total. The van der Waals surface area contributed by atoms with Gasteiger partial charge in [-0.1, -0.05) is 24.3 Å². The summed E-state index contributed by atoms with van der Waals surface area (Å²) in [6.45, 7) is 0. The molecule has 0 aliphatic rings. The lowest BCUT2D eigenvalue weighted by molar-refractivity contribution is -0.131. The second kappa shape index (κ2) is 6.61. The Morgan fingerprint density at radius 1 is 1.33 bits per heavy atom. The molecule has 5 heteroatoms. The molecule has 0 radical (unpaired) electrons. The fourth-order valence-electron chi connectivity index (χ4n) is 1.50. The topological polar surface area (TPSA) is 66.0 Å². The van der Waals surface area contributed by atoms with E-state index in [1.54, 1.807) is 18.5 Å². The molecule has 0 atom stereocenters. The standard InChI is InChI=1S/C13H12N2O2.ClH/c16-13(17)6-5-10-1-3-11(4-2-10)9-12-14-7-8-15-12;/h1-8H,9H2,(H,14,15)(H,16,17);1H/b6-5+;. The monoisotopic (exact) mass is 264 g/mol. The number of carboxylic acid groups (broad SMARTS) is 1. The van der Waals surface area contributed by atoms with Crippen LogP contribution >= 0.6 is 12.4 Å². The van der Waals surface area contributed by atoms with Gasteiger partial charge >= 0.3 is 5.97 Å². The Balaban J connectivity index is 0.00000162. The third-order valence-corrected chi connectivity index (χ3v) is 2.32. The number of halogens is 1. The van der Waals surface area contributed by atoms with Gasteiger partial charge in [-0.2, -0.15) is 0 Å². The van der Waals surface area contributed by atoms with Gasteiger partial charge in [0.05, 0.1) is 0 Å². The molecule has 0 saturated heterocycles. The first-order chi connectivity index (χ1) is 8.24. The average molecular weight is 265 g/mol. The summed E-state index contributed by atoms with van der Waals surface area (Å²) in [4.78, 5) is 17.5. The number of aromatic amines is 1. The summed E-state index contributed by atoms with van der Waals surface area (Å²) in [5.74, 6) is -0.0245. The van der Waals surface area contributed by atoms with Crippen molar-refractivity contribution in [3.63, 3.8) is 0 Å². The molecular weight excluding hydrogens is 252 g/mol. The van der Waals surface area contributed by atoms with E-state index in [4.69, 9.17) is 5.11 Å². The lowest BCUT2D eigenvalue weighted by atomic mass is 10.1. The van der Waals surface area contributed by atoms with Crippen LogP contribution in [0, 0.1) is 0 Å². The largest absolute Gasteiger partial charge is 0.478 e. The molecule has 0 saturated carbocycles. The molecule has 18 heavy (non-hydrogen) atoms.